The first-order chi connectivity index (χ1) is 18.3. The second-order valence-electron chi connectivity index (χ2n) is 7.62. The second-order valence-corrected chi connectivity index (χ2v) is 7.62. The smallest absolute Gasteiger partial charge is 0.252 e. The van der Waals surface area contributed by atoms with E-state index in [1.54, 1.807) is 24.3 Å². The summed E-state index contributed by atoms with van der Waals surface area (Å²) >= 11 is 0. The molecule has 41 heavy (non-hydrogen) atoms. The Labute approximate surface area is 254 Å². The van der Waals surface area contributed by atoms with Gasteiger partial charge in [0, 0.05) is 12.4 Å². The van der Waals surface area contributed by atoms with E-state index < -0.39 is 35.0 Å². The predicted molar refractivity (Wildman–Crippen MR) is 160 cm³/mol. The van der Waals surface area contributed by atoms with Crippen LogP contribution >= 0.6 is 34.0 Å². The van der Waals surface area contributed by atoms with Gasteiger partial charge in [0.25, 0.3) is 11.8 Å². The Bertz CT molecular complexity index is 1370. The van der Waals surface area contributed by atoms with Crippen LogP contribution in [-0.4, -0.2) is 51.3 Å². The number of ketones is 2. The second kappa shape index (κ2) is 17.6. The molecule has 0 radical (unpaired) electrons. The summed E-state index contributed by atoms with van der Waals surface area (Å²) in [5, 5.41) is 0. The van der Waals surface area contributed by atoms with Crippen LogP contribution in [0.25, 0.3) is 0 Å². The van der Waals surface area contributed by atoms with Crippen molar-refractivity contribution in [2.75, 3.05) is 23.9 Å². The molecule has 0 saturated heterocycles. The van der Waals surface area contributed by atoms with Crippen molar-refractivity contribution < 1.29 is 33.4 Å². The van der Waals surface area contributed by atoms with Crippen LogP contribution in [0.5, 0.6) is 0 Å². The van der Waals surface area contributed by atoms with Gasteiger partial charge in [-0.3, -0.25) is 39.4 Å². The third-order valence-corrected chi connectivity index (χ3v) is 5.06. The minimum atomic E-state index is -0.606. The van der Waals surface area contributed by atoms with Crippen molar-refractivity contribution >= 4 is 57.3 Å². The van der Waals surface area contributed by atoms with E-state index in [-0.39, 0.29) is 75.0 Å². The van der Waals surface area contributed by atoms with Crippen molar-refractivity contribution in [1.29, 1.82) is 0 Å². The average molecular weight is 702 g/mol. The maximum absolute atomic E-state index is 13.6. The first-order valence-corrected chi connectivity index (χ1v) is 11.2. The highest BCUT2D eigenvalue weighted by Crippen LogP contribution is 2.14. The lowest BCUT2D eigenvalue weighted by atomic mass is 10.1. The lowest BCUT2D eigenvalue weighted by Crippen LogP contribution is -2.30. The van der Waals surface area contributed by atoms with Crippen LogP contribution in [-0.2, 0) is 9.59 Å². The fraction of sp³-hybridized carbons (Fsp3) is 0.0769. The van der Waals surface area contributed by atoms with Crippen molar-refractivity contribution in [1.82, 2.24) is 9.35 Å². The third-order valence-electron chi connectivity index (χ3n) is 5.06. The Hall–Kier alpha value is -4.02. The number of rotatable bonds is 8. The Balaban J connectivity index is 0.000000727. The van der Waals surface area contributed by atoms with Crippen molar-refractivity contribution in [3.63, 3.8) is 0 Å². The SMILES string of the molecule is Br.Br.NCC(=O)Nn1cccc1C(=O)c1ccccc1F.NCC(=O)Nn1cccc1C(=O)c1ccccc1F.O. The van der Waals surface area contributed by atoms with Gasteiger partial charge in [0.05, 0.1) is 24.2 Å². The lowest BCUT2D eigenvalue weighted by molar-refractivity contribution is -0.116. The molecule has 4 aromatic rings. The molecule has 220 valence electrons. The number of aromatic nitrogens is 2. The number of carbonyl (C=O) groups excluding carboxylic acids is 4. The van der Waals surface area contributed by atoms with Crippen LogP contribution in [0.15, 0.2) is 85.2 Å². The summed E-state index contributed by atoms with van der Waals surface area (Å²) in [6.45, 7) is -0.406. The molecule has 0 bridgehead atoms. The minimum Gasteiger partial charge on any atom is -0.412 e. The quantitative estimate of drug-likeness (QED) is 0.204. The van der Waals surface area contributed by atoms with Gasteiger partial charge < -0.3 is 16.9 Å². The van der Waals surface area contributed by atoms with Crippen LogP contribution in [0.4, 0.5) is 8.78 Å². The topological polar surface area (TPSA) is 186 Å². The summed E-state index contributed by atoms with van der Waals surface area (Å²) in [5.41, 5.74) is 15.4. The maximum atomic E-state index is 13.6. The first-order valence-electron chi connectivity index (χ1n) is 11.2. The maximum Gasteiger partial charge on any atom is 0.252 e. The molecule has 11 nitrogen and oxygen atoms in total. The largest absolute Gasteiger partial charge is 0.412 e. The van der Waals surface area contributed by atoms with E-state index in [2.05, 4.69) is 10.9 Å². The van der Waals surface area contributed by atoms with E-state index in [1.807, 2.05) is 0 Å². The standard InChI is InChI=1S/2C13H12FN3O2.2BrH.H2O/c2*14-10-5-2-1-4-9(10)13(19)11-6-3-7-17(11)16-12(18)8-15;;;/h2*1-7H,8,15H2,(H,16,18);2*1H;1H2. The van der Waals surface area contributed by atoms with Crippen molar-refractivity contribution in [3.8, 4) is 0 Å². The van der Waals surface area contributed by atoms with Crippen LogP contribution < -0.4 is 22.3 Å². The van der Waals surface area contributed by atoms with Gasteiger partial charge in [0.15, 0.2) is 0 Å². The summed E-state index contributed by atoms with van der Waals surface area (Å²) < 4.78 is 29.6. The number of hydrogen-bond acceptors (Lipinski definition) is 6. The summed E-state index contributed by atoms with van der Waals surface area (Å²) in [5.74, 6) is -3.13. The van der Waals surface area contributed by atoms with E-state index in [0.29, 0.717) is 0 Å². The van der Waals surface area contributed by atoms with E-state index in [0.717, 1.165) is 0 Å². The first kappa shape index (κ1) is 37.0. The summed E-state index contributed by atoms with van der Waals surface area (Å²) in [7, 11) is 0. The number of nitrogens with zero attached hydrogens (tertiary/aromatic N) is 2. The van der Waals surface area contributed by atoms with E-state index in [9.17, 15) is 28.0 Å². The monoisotopic (exact) mass is 700 g/mol. The number of amides is 2. The molecule has 0 fully saturated rings. The average Bonchev–Trinajstić information content (AvgIpc) is 3.58. The summed E-state index contributed by atoms with van der Waals surface area (Å²) in [6, 6.07) is 17.5. The Morgan fingerprint density at radius 1 is 0.610 bits per heavy atom. The zero-order valence-corrected chi connectivity index (χ0v) is 24.7. The molecule has 0 atom stereocenters. The van der Waals surface area contributed by atoms with E-state index >= 15 is 0 Å². The summed E-state index contributed by atoms with van der Waals surface area (Å²) in [4.78, 5) is 46.8. The van der Waals surface area contributed by atoms with Gasteiger partial charge in [0.2, 0.25) is 11.6 Å². The molecule has 4 rings (SSSR count). The molecule has 2 amide bonds. The Morgan fingerprint density at radius 3 is 1.27 bits per heavy atom. The van der Waals surface area contributed by atoms with Crippen molar-refractivity contribution in [2.24, 2.45) is 11.5 Å². The van der Waals surface area contributed by atoms with Crippen LogP contribution in [0.1, 0.15) is 32.1 Å². The van der Waals surface area contributed by atoms with E-state index in [4.69, 9.17) is 11.5 Å². The Morgan fingerprint density at radius 2 is 0.951 bits per heavy atom. The Kier molecular flexibility index (Phi) is 15.9. The molecule has 0 saturated carbocycles. The molecule has 2 aromatic heterocycles. The highest BCUT2D eigenvalue weighted by atomic mass is 79.9. The van der Waals surface area contributed by atoms with Crippen LogP contribution in [0, 0.1) is 11.6 Å². The number of hydrogen-bond donors (Lipinski definition) is 4. The molecule has 2 aromatic carbocycles. The highest BCUT2D eigenvalue weighted by Gasteiger charge is 2.18. The molecule has 15 heteroatoms. The summed E-state index contributed by atoms with van der Waals surface area (Å²) in [6.07, 6.45) is 2.98. The molecule has 8 N–H and O–H groups in total. The lowest BCUT2D eigenvalue weighted by Gasteiger charge is -2.09. The van der Waals surface area contributed by atoms with Crippen molar-refractivity contribution in [3.05, 3.63) is 119 Å². The van der Waals surface area contributed by atoms with Crippen molar-refractivity contribution in [2.45, 2.75) is 0 Å². The van der Waals surface area contributed by atoms with Gasteiger partial charge in [-0.25, -0.2) is 8.78 Å². The van der Waals surface area contributed by atoms with Crippen LogP contribution in [0.2, 0.25) is 0 Å². The normalized spacial score (nSPS) is 9.46. The highest BCUT2D eigenvalue weighted by molar-refractivity contribution is 8.93. The van der Waals surface area contributed by atoms with Crippen LogP contribution in [0.3, 0.4) is 0 Å². The zero-order chi connectivity index (χ0) is 27.7. The van der Waals surface area contributed by atoms with E-state index in [1.165, 1.54) is 70.3 Å². The number of carbonyl (C=O) groups is 4. The molecular formula is C26H28Br2F2N6O5. The number of benzene rings is 2. The number of halogens is 4. The number of nitrogens with two attached hydrogens (primary N) is 2. The minimum absolute atomic E-state index is 0. The molecule has 0 aliphatic carbocycles. The molecule has 0 spiro atoms. The van der Waals surface area contributed by atoms with Gasteiger partial charge in [-0.1, -0.05) is 24.3 Å². The molecule has 0 aliphatic heterocycles. The predicted octanol–water partition coefficient (Wildman–Crippen LogP) is 2.11. The van der Waals surface area contributed by atoms with Gasteiger partial charge in [0.1, 0.15) is 23.0 Å². The molecule has 0 aliphatic rings. The zero-order valence-electron chi connectivity index (χ0n) is 21.3. The fourth-order valence-electron chi connectivity index (χ4n) is 3.25. The van der Waals surface area contributed by atoms with Gasteiger partial charge >= 0.3 is 0 Å². The van der Waals surface area contributed by atoms with Gasteiger partial charge in [-0.15, -0.1) is 34.0 Å². The molecule has 0 unspecified atom stereocenters. The fourth-order valence-corrected chi connectivity index (χ4v) is 3.25. The van der Waals surface area contributed by atoms with Gasteiger partial charge in [-0.2, -0.15) is 0 Å². The third kappa shape index (κ3) is 9.54. The molecule has 2 heterocycles. The van der Waals surface area contributed by atoms with Gasteiger partial charge in [-0.05, 0) is 48.5 Å². The number of nitrogens with one attached hydrogen (secondary N) is 2. The molecular weight excluding hydrogens is 674 g/mol.